The minimum atomic E-state index is -0.850. The molecule has 1 N–H and O–H groups in total. The number of hydrogen-bond acceptors (Lipinski definition) is 7. The van der Waals surface area contributed by atoms with E-state index in [2.05, 4.69) is 15.3 Å². The minimum Gasteiger partial charge on any atom is -0.490 e. The van der Waals surface area contributed by atoms with E-state index in [1.807, 2.05) is 52.0 Å². The fraction of sp³-hybridized carbons (Fsp3) is 0.464. The summed E-state index contributed by atoms with van der Waals surface area (Å²) in [6.07, 6.45) is 7.19. The summed E-state index contributed by atoms with van der Waals surface area (Å²) in [6.45, 7) is 10.6. The lowest BCUT2D eigenvalue weighted by molar-refractivity contribution is 0.00578. The molecule has 200 valence electrons. The van der Waals surface area contributed by atoms with Crippen LogP contribution in [0.4, 0.5) is 4.39 Å². The van der Waals surface area contributed by atoms with Gasteiger partial charge in [0, 0.05) is 17.2 Å². The molecular formula is C28H34BFN4O4. The van der Waals surface area contributed by atoms with Gasteiger partial charge in [0.25, 0.3) is 5.56 Å². The molecule has 0 amide bonds. The first-order valence-corrected chi connectivity index (χ1v) is 13.1. The minimum absolute atomic E-state index is 0.175. The van der Waals surface area contributed by atoms with Crippen molar-refractivity contribution in [1.82, 2.24) is 19.9 Å². The van der Waals surface area contributed by atoms with Gasteiger partial charge in [-0.3, -0.25) is 4.79 Å². The highest BCUT2D eigenvalue weighted by Gasteiger charge is 2.52. The van der Waals surface area contributed by atoms with Crippen LogP contribution >= 0.6 is 0 Å². The Kier molecular flexibility index (Phi) is 7.39. The van der Waals surface area contributed by atoms with Crippen LogP contribution in [0.1, 0.15) is 46.1 Å². The highest BCUT2D eigenvalue weighted by molar-refractivity contribution is 6.62. The van der Waals surface area contributed by atoms with E-state index < -0.39 is 29.7 Å². The standard InChI is InChI=1S/C28H34BFN4O4/c1-27(2)28(3,4)38-29(37-27)22-13-24(30)26(35)34(17-22)16-20-6-5-7-21(12-20)25-32-14-23(15-33-25)36-18-19-8-10-31-11-9-19/h5-7,12-15,17,19,31H,8-11,16,18H2,1-4H3. The van der Waals surface area contributed by atoms with Gasteiger partial charge < -0.3 is 23.9 Å². The normalized spacial score (nSPS) is 19.0. The van der Waals surface area contributed by atoms with Crippen molar-refractivity contribution in [2.75, 3.05) is 19.7 Å². The zero-order valence-corrected chi connectivity index (χ0v) is 22.4. The lowest BCUT2D eigenvalue weighted by Crippen LogP contribution is -2.41. The molecule has 2 aromatic heterocycles. The molecule has 2 saturated heterocycles. The summed E-state index contributed by atoms with van der Waals surface area (Å²) >= 11 is 0. The van der Waals surface area contributed by atoms with E-state index in [1.165, 1.54) is 10.6 Å². The fourth-order valence-corrected chi connectivity index (χ4v) is 4.65. The number of hydrogen-bond donors (Lipinski definition) is 1. The lowest BCUT2D eigenvalue weighted by atomic mass is 9.80. The number of nitrogens with one attached hydrogen (secondary N) is 1. The third kappa shape index (κ3) is 5.67. The van der Waals surface area contributed by atoms with Crippen molar-refractivity contribution in [2.24, 2.45) is 5.92 Å². The predicted molar refractivity (Wildman–Crippen MR) is 144 cm³/mol. The van der Waals surface area contributed by atoms with Crippen LogP contribution in [0.3, 0.4) is 0 Å². The molecule has 8 nitrogen and oxygen atoms in total. The molecule has 0 radical (unpaired) electrons. The first-order chi connectivity index (χ1) is 18.1. The first kappa shape index (κ1) is 26.5. The average molecular weight is 520 g/mol. The number of pyridine rings is 1. The maximum atomic E-state index is 14.7. The molecule has 2 aliphatic heterocycles. The lowest BCUT2D eigenvalue weighted by Gasteiger charge is -2.32. The molecule has 3 aromatic rings. The maximum Gasteiger partial charge on any atom is 0.496 e. The van der Waals surface area contributed by atoms with Gasteiger partial charge in [0.05, 0.1) is 36.7 Å². The van der Waals surface area contributed by atoms with Crippen LogP contribution in [-0.4, -0.2) is 52.6 Å². The van der Waals surface area contributed by atoms with Crippen molar-refractivity contribution in [3.8, 4) is 17.1 Å². The summed E-state index contributed by atoms with van der Waals surface area (Å²) in [7, 11) is -0.767. The molecule has 0 atom stereocenters. The molecule has 38 heavy (non-hydrogen) atoms. The van der Waals surface area contributed by atoms with Gasteiger partial charge >= 0.3 is 7.12 Å². The first-order valence-electron chi connectivity index (χ1n) is 13.1. The Labute approximate surface area is 222 Å². The Morgan fingerprint density at radius 3 is 2.47 bits per heavy atom. The summed E-state index contributed by atoms with van der Waals surface area (Å²) in [6, 6.07) is 8.75. The van der Waals surface area contributed by atoms with Gasteiger partial charge in [-0.05, 0) is 77.2 Å². The SMILES string of the molecule is CC1(C)OB(c2cc(F)c(=O)n(Cc3cccc(-c4ncc(OCC5CCNCC5)cn4)c3)c2)OC1(C)C. The second-order valence-electron chi connectivity index (χ2n) is 11.1. The number of nitrogens with zero attached hydrogens (tertiary/aromatic N) is 3. The Morgan fingerprint density at radius 2 is 1.79 bits per heavy atom. The van der Waals surface area contributed by atoms with E-state index in [0.29, 0.717) is 29.6 Å². The molecule has 2 fully saturated rings. The topological polar surface area (TPSA) is 87.5 Å². The van der Waals surface area contributed by atoms with Crippen molar-refractivity contribution in [2.45, 2.75) is 58.3 Å². The third-order valence-electron chi connectivity index (χ3n) is 7.70. The second kappa shape index (κ2) is 10.6. The van der Waals surface area contributed by atoms with E-state index in [0.717, 1.165) is 37.1 Å². The van der Waals surface area contributed by atoms with Gasteiger partial charge in [0.2, 0.25) is 0 Å². The fourth-order valence-electron chi connectivity index (χ4n) is 4.65. The zero-order valence-electron chi connectivity index (χ0n) is 22.4. The maximum absolute atomic E-state index is 14.7. The van der Waals surface area contributed by atoms with Crippen molar-refractivity contribution in [3.05, 3.63) is 70.7 Å². The summed E-state index contributed by atoms with van der Waals surface area (Å²) in [5.41, 5.74) is 0.213. The molecule has 5 rings (SSSR count). The van der Waals surface area contributed by atoms with Gasteiger partial charge in [-0.25, -0.2) is 14.4 Å². The Hall–Kier alpha value is -3.08. The average Bonchev–Trinajstić information content (AvgIpc) is 3.13. The highest BCUT2D eigenvalue weighted by Crippen LogP contribution is 2.36. The molecular weight excluding hydrogens is 486 g/mol. The summed E-state index contributed by atoms with van der Waals surface area (Å²) in [5, 5.41) is 3.36. The van der Waals surface area contributed by atoms with E-state index in [1.54, 1.807) is 18.6 Å². The number of ether oxygens (including phenoxy) is 1. The number of piperidine rings is 1. The highest BCUT2D eigenvalue weighted by atomic mass is 19.1. The number of halogens is 1. The largest absolute Gasteiger partial charge is 0.496 e. The molecule has 0 bridgehead atoms. The number of rotatable bonds is 7. The molecule has 2 aliphatic rings. The van der Waals surface area contributed by atoms with Gasteiger partial charge in [-0.1, -0.05) is 18.2 Å². The molecule has 1 aromatic carbocycles. The molecule has 4 heterocycles. The third-order valence-corrected chi connectivity index (χ3v) is 7.70. The Bertz CT molecular complexity index is 1320. The van der Waals surface area contributed by atoms with Crippen molar-refractivity contribution in [3.63, 3.8) is 0 Å². The van der Waals surface area contributed by atoms with Crippen LogP contribution in [0.15, 0.2) is 53.7 Å². The molecule has 10 heteroatoms. The van der Waals surface area contributed by atoms with E-state index >= 15 is 0 Å². The number of aromatic nitrogens is 3. The van der Waals surface area contributed by atoms with Gasteiger partial charge in [0.1, 0.15) is 0 Å². The quantitative estimate of drug-likeness (QED) is 0.479. The molecule has 0 spiro atoms. The van der Waals surface area contributed by atoms with E-state index in [9.17, 15) is 9.18 Å². The molecule has 0 unspecified atom stereocenters. The summed E-state index contributed by atoms with van der Waals surface area (Å²) in [5.74, 6) is 0.886. The van der Waals surface area contributed by atoms with Crippen LogP contribution in [0.25, 0.3) is 11.4 Å². The van der Waals surface area contributed by atoms with Crippen LogP contribution in [0, 0.1) is 11.7 Å². The summed E-state index contributed by atoms with van der Waals surface area (Å²) in [4.78, 5) is 21.6. The van der Waals surface area contributed by atoms with E-state index in [-0.39, 0.29) is 6.54 Å². The van der Waals surface area contributed by atoms with Crippen LogP contribution in [0.5, 0.6) is 5.75 Å². The van der Waals surface area contributed by atoms with Crippen LogP contribution in [0.2, 0.25) is 0 Å². The van der Waals surface area contributed by atoms with Crippen molar-refractivity contribution >= 4 is 12.6 Å². The van der Waals surface area contributed by atoms with Crippen molar-refractivity contribution in [1.29, 1.82) is 0 Å². The van der Waals surface area contributed by atoms with Crippen LogP contribution < -0.4 is 21.1 Å². The monoisotopic (exact) mass is 520 g/mol. The Morgan fingerprint density at radius 1 is 1.11 bits per heavy atom. The predicted octanol–water partition coefficient (Wildman–Crippen LogP) is 3.17. The number of benzene rings is 1. The van der Waals surface area contributed by atoms with Crippen molar-refractivity contribution < 1.29 is 18.4 Å². The molecule has 0 aliphatic carbocycles. The molecule has 0 saturated carbocycles. The van der Waals surface area contributed by atoms with Gasteiger partial charge in [-0.2, -0.15) is 0 Å². The van der Waals surface area contributed by atoms with Crippen LogP contribution in [-0.2, 0) is 15.9 Å². The van der Waals surface area contributed by atoms with Gasteiger partial charge in [-0.15, -0.1) is 0 Å². The van der Waals surface area contributed by atoms with E-state index in [4.69, 9.17) is 14.0 Å². The summed E-state index contributed by atoms with van der Waals surface area (Å²) < 4.78 is 34.0. The Balaban J connectivity index is 1.30. The zero-order chi connectivity index (χ0) is 26.9. The second-order valence-corrected chi connectivity index (χ2v) is 11.1. The smallest absolute Gasteiger partial charge is 0.490 e. The van der Waals surface area contributed by atoms with Gasteiger partial charge in [0.15, 0.2) is 17.4 Å².